The first-order valence-electron chi connectivity index (χ1n) is 8.14. The van der Waals surface area contributed by atoms with Crippen LogP contribution in [0.1, 0.15) is 25.7 Å². The zero-order valence-corrected chi connectivity index (χ0v) is 13.6. The van der Waals surface area contributed by atoms with Crippen molar-refractivity contribution in [2.75, 3.05) is 43.1 Å². The summed E-state index contributed by atoms with van der Waals surface area (Å²) in [5, 5.41) is 28.5. The number of aliphatic hydroxyl groups is 1. The van der Waals surface area contributed by atoms with E-state index in [0.717, 1.165) is 31.6 Å². The molecule has 0 aliphatic carbocycles. The molecule has 0 bridgehead atoms. The summed E-state index contributed by atoms with van der Waals surface area (Å²) in [6, 6.07) is 1.77. The number of benzene rings is 1. The van der Waals surface area contributed by atoms with Crippen molar-refractivity contribution in [1.29, 1.82) is 0 Å². The number of aliphatic hydroxyl groups excluding tert-OH is 1. The monoisotopic (exact) mass is 335 g/mol. The van der Waals surface area contributed by atoms with Crippen LogP contribution in [0.15, 0.2) is 10.7 Å². The third-order valence-electron chi connectivity index (χ3n) is 4.45. The third kappa shape index (κ3) is 2.99. The average Bonchev–Trinajstić information content (AvgIpc) is 2.88. The Bertz CT molecular complexity index is 724. The van der Waals surface area contributed by atoms with Crippen molar-refractivity contribution in [3.63, 3.8) is 0 Å². The first kappa shape index (κ1) is 16.4. The first-order chi connectivity index (χ1) is 11.6. The van der Waals surface area contributed by atoms with Crippen LogP contribution in [0.3, 0.4) is 0 Å². The van der Waals surface area contributed by atoms with E-state index >= 15 is 0 Å². The number of likely N-dealkylation sites (N-methyl/N-ethyl adjacent to an activating group) is 1. The van der Waals surface area contributed by atoms with E-state index in [-0.39, 0.29) is 24.4 Å². The molecule has 1 aliphatic heterocycles. The van der Waals surface area contributed by atoms with E-state index in [1.165, 1.54) is 12.8 Å². The number of nitro groups is 1. The van der Waals surface area contributed by atoms with E-state index in [9.17, 15) is 15.2 Å². The molecular formula is C15H21N5O4. The lowest BCUT2D eigenvalue weighted by Gasteiger charge is -2.25. The lowest BCUT2D eigenvalue weighted by atomic mass is 10.1. The number of hydrogen-bond donors (Lipinski definition) is 1. The minimum absolute atomic E-state index is 0.0954. The maximum Gasteiger partial charge on any atom is 0.323 e. The van der Waals surface area contributed by atoms with Crippen molar-refractivity contribution in [2.24, 2.45) is 0 Å². The van der Waals surface area contributed by atoms with Gasteiger partial charge in [-0.2, -0.15) is 0 Å². The molecule has 1 aromatic carbocycles. The number of rotatable bonds is 5. The highest BCUT2D eigenvalue weighted by molar-refractivity contribution is 6.00. The molecule has 0 unspecified atom stereocenters. The third-order valence-corrected chi connectivity index (χ3v) is 4.45. The van der Waals surface area contributed by atoms with Gasteiger partial charge in [-0.25, -0.2) is 4.63 Å². The second kappa shape index (κ2) is 7.00. The van der Waals surface area contributed by atoms with Gasteiger partial charge in [-0.1, -0.05) is 12.8 Å². The molecule has 1 saturated heterocycles. The number of aromatic nitrogens is 2. The standard InChI is InChI=1S/C15H21N5O4/c1-18(8-9-21)12-10-11(19-6-4-2-3-5-7-19)13-14(17-24-16-13)15(12)20(22)23/h10,21H,2-9H2,1H3. The Labute approximate surface area is 138 Å². The van der Waals surface area contributed by atoms with Crippen molar-refractivity contribution < 1.29 is 14.7 Å². The number of hydrogen-bond acceptors (Lipinski definition) is 8. The highest BCUT2D eigenvalue weighted by Gasteiger charge is 2.29. The fraction of sp³-hybridized carbons (Fsp3) is 0.600. The molecule has 130 valence electrons. The normalized spacial score (nSPS) is 15.5. The summed E-state index contributed by atoms with van der Waals surface area (Å²) >= 11 is 0. The van der Waals surface area contributed by atoms with E-state index in [4.69, 9.17) is 4.63 Å². The molecule has 0 atom stereocenters. The Hall–Kier alpha value is -2.42. The van der Waals surface area contributed by atoms with Gasteiger partial charge in [-0.05, 0) is 29.2 Å². The van der Waals surface area contributed by atoms with E-state index in [0.29, 0.717) is 11.2 Å². The lowest BCUT2D eigenvalue weighted by molar-refractivity contribution is -0.382. The Morgan fingerprint density at radius 1 is 1.29 bits per heavy atom. The van der Waals surface area contributed by atoms with Crippen LogP contribution >= 0.6 is 0 Å². The molecule has 1 N–H and O–H groups in total. The Kier molecular flexibility index (Phi) is 4.79. The molecule has 0 saturated carbocycles. The lowest BCUT2D eigenvalue weighted by Crippen LogP contribution is -2.26. The summed E-state index contributed by atoms with van der Waals surface area (Å²) in [6.07, 6.45) is 4.51. The van der Waals surface area contributed by atoms with Crippen LogP contribution in [0.25, 0.3) is 11.0 Å². The van der Waals surface area contributed by atoms with Crippen LogP contribution in [0, 0.1) is 10.1 Å². The van der Waals surface area contributed by atoms with Gasteiger partial charge in [0.2, 0.25) is 5.52 Å². The van der Waals surface area contributed by atoms with Gasteiger partial charge in [0.1, 0.15) is 5.69 Å². The van der Waals surface area contributed by atoms with Crippen molar-refractivity contribution in [3.05, 3.63) is 16.2 Å². The van der Waals surface area contributed by atoms with Gasteiger partial charge < -0.3 is 14.9 Å². The number of nitrogens with zero attached hydrogens (tertiary/aromatic N) is 5. The average molecular weight is 335 g/mol. The van der Waals surface area contributed by atoms with Crippen molar-refractivity contribution >= 4 is 28.1 Å². The number of anilines is 2. The van der Waals surface area contributed by atoms with Crippen LogP contribution < -0.4 is 9.80 Å². The van der Waals surface area contributed by atoms with Crippen LogP contribution in [0.4, 0.5) is 17.1 Å². The first-order valence-corrected chi connectivity index (χ1v) is 8.14. The van der Waals surface area contributed by atoms with Gasteiger partial charge in [-0.3, -0.25) is 10.1 Å². The number of nitro benzene ring substituents is 1. The summed E-state index contributed by atoms with van der Waals surface area (Å²) in [7, 11) is 1.71. The van der Waals surface area contributed by atoms with E-state index in [2.05, 4.69) is 15.2 Å². The minimum Gasteiger partial charge on any atom is -0.395 e. The molecule has 2 aromatic rings. The maximum atomic E-state index is 11.6. The van der Waals surface area contributed by atoms with Gasteiger partial charge in [-0.15, -0.1) is 0 Å². The van der Waals surface area contributed by atoms with Crippen molar-refractivity contribution in [1.82, 2.24) is 10.3 Å². The molecule has 1 fully saturated rings. The van der Waals surface area contributed by atoms with Crippen LogP contribution in [0.5, 0.6) is 0 Å². The molecule has 9 nitrogen and oxygen atoms in total. The molecule has 3 rings (SSSR count). The van der Waals surface area contributed by atoms with Gasteiger partial charge in [0.25, 0.3) is 0 Å². The second-order valence-electron chi connectivity index (χ2n) is 6.03. The largest absolute Gasteiger partial charge is 0.395 e. The Balaban J connectivity index is 2.16. The predicted molar refractivity (Wildman–Crippen MR) is 89.5 cm³/mol. The number of fused-ring (bicyclic) bond motifs is 1. The summed E-state index contributed by atoms with van der Waals surface area (Å²) in [5.74, 6) is 0. The molecule has 0 amide bonds. The molecule has 1 aromatic heterocycles. The quantitative estimate of drug-likeness (QED) is 0.652. The maximum absolute atomic E-state index is 11.6. The van der Waals surface area contributed by atoms with E-state index < -0.39 is 4.92 Å². The summed E-state index contributed by atoms with van der Waals surface area (Å²) in [4.78, 5) is 15.0. The fourth-order valence-corrected chi connectivity index (χ4v) is 3.19. The smallest absolute Gasteiger partial charge is 0.323 e. The Morgan fingerprint density at radius 3 is 2.58 bits per heavy atom. The molecule has 9 heteroatoms. The topological polar surface area (TPSA) is 109 Å². The highest BCUT2D eigenvalue weighted by Crippen LogP contribution is 2.40. The molecule has 0 spiro atoms. The molecule has 0 radical (unpaired) electrons. The minimum atomic E-state index is -0.470. The van der Waals surface area contributed by atoms with Crippen LogP contribution in [-0.4, -0.2) is 53.6 Å². The van der Waals surface area contributed by atoms with Gasteiger partial charge >= 0.3 is 5.69 Å². The highest BCUT2D eigenvalue weighted by atomic mass is 16.6. The van der Waals surface area contributed by atoms with Gasteiger partial charge in [0.15, 0.2) is 5.52 Å². The van der Waals surface area contributed by atoms with E-state index in [1.54, 1.807) is 18.0 Å². The molecule has 1 aliphatic rings. The SMILES string of the molecule is CN(CCO)c1cc(N2CCCCCC2)c2nonc2c1[N+](=O)[O-]. The van der Waals surface area contributed by atoms with Crippen molar-refractivity contribution in [2.45, 2.75) is 25.7 Å². The van der Waals surface area contributed by atoms with Gasteiger partial charge in [0, 0.05) is 26.7 Å². The van der Waals surface area contributed by atoms with Crippen LogP contribution in [-0.2, 0) is 0 Å². The zero-order valence-electron chi connectivity index (χ0n) is 13.6. The summed E-state index contributed by atoms with van der Waals surface area (Å²) in [5.41, 5.74) is 1.65. The predicted octanol–water partition coefficient (Wildman–Crippen LogP) is 1.94. The molecular weight excluding hydrogens is 314 g/mol. The molecule has 24 heavy (non-hydrogen) atoms. The Morgan fingerprint density at radius 2 is 1.96 bits per heavy atom. The summed E-state index contributed by atoms with van der Waals surface area (Å²) in [6.45, 7) is 1.95. The second-order valence-corrected chi connectivity index (χ2v) is 6.03. The van der Waals surface area contributed by atoms with Crippen LogP contribution in [0.2, 0.25) is 0 Å². The van der Waals surface area contributed by atoms with E-state index in [1.807, 2.05) is 0 Å². The van der Waals surface area contributed by atoms with Gasteiger partial charge in [0.05, 0.1) is 17.2 Å². The summed E-state index contributed by atoms with van der Waals surface area (Å²) < 4.78 is 4.81. The zero-order chi connectivity index (χ0) is 17.1. The fourth-order valence-electron chi connectivity index (χ4n) is 3.19. The van der Waals surface area contributed by atoms with Crippen molar-refractivity contribution in [3.8, 4) is 0 Å². The molecule has 2 heterocycles.